The first-order chi connectivity index (χ1) is 15.4. The number of aromatic nitrogens is 1. The standard InChI is InChI=1S/C27H21FN2OS/c1-4-17-13-19(14-22(28)25(17)31)24-15-29-26(32-24)18-9-11-20(12-10-18)30-16-27(2,3)21-7-5-6-8-23(21)30/h1,5-15,31H,16H2,2-3H3. The Morgan fingerprint density at radius 2 is 1.84 bits per heavy atom. The zero-order chi connectivity index (χ0) is 22.5. The van der Waals surface area contributed by atoms with Crippen LogP contribution in [0.25, 0.3) is 21.0 Å². The summed E-state index contributed by atoms with van der Waals surface area (Å²) in [6.07, 6.45) is 7.09. The van der Waals surface area contributed by atoms with Crippen LogP contribution in [0.3, 0.4) is 0 Å². The highest BCUT2D eigenvalue weighted by Crippen LogP contribution is 2.44. The molecule has 0 saturated heterocycles. The van der Waals surface area contributed by atoms with E-state index in [1.165, 1.54) is 28.7 Å². The Kier molecular flexibility index (Phi) is 4.76. The topological polar surface area (TPSA) is 36.4 Å². The molecule has 0 unspecified atom stereocenters. The molecule has 3 nitrogen and oxygen atoms in total. The van der Waals surface area contributed by atoms with Crippen molar-refractivity contribution < 1.29 is 9.50 Å². The summed E-state index contributed by atoms with van der Waals surface area (Å²) in [6.45, 7) is 5.47. The van der Waals surface area contributed by atoms with Crippen molar-refractivity contribution in [1.82, 2.24) is 4.98 Å². The third kappa shape index (κ3) is 3.34. The van der Waals surface area contributed by atoms with Crippen molar-refractivity contribution in [2.75, 3.05) is 11.4 Å². The Balaban J connectivity index is 1.44. The van der Waals surface area contributed by atoms with Crippen molar-refractivity contribution in [3.05, 3.63) is 83.8 Å². The number of hydrogen-bond acceptors (Lipinski definition) is 4. The van der Waals surface area contributed by atoms with E-state index in [1.54, 1.807) is 12.3 Å². The van der Waals surface area contributed by atoms with Crippen LogP contribution in [0.1, 0.15) is 25.0 Å². The zero-order valence-corrected chi connectivity index (χ0v) is 18.6. The van der Waals surface area contributed by atoms with Crippen LogP contribution < -0.4 is 4.90 Å². The maximum atomic E-state index is 14.0. The van der Waals surface area contributed by atoms with Crippen molar-refractivity contribution >= 4 is 22.7 Å². The summed E-state index contributed by atoms with van der Waals surface area (Å²) in [5, 5.41) is 10.6. The smallest absolute Gasteiger partial charge is 0.167 e. The molecular formula is C27H21FN2OS. The maximum absolute atomic E-state index is 14.0. The van der Waals surface area contributed by atoms with Gasteiger partial charge in [-0.05, 0) is 53.6 Å². The first kappa shape index (κ1) is 20.3. The van der Waals surface area contributed by atoms with Gasteiger partial charge in [0.05, 0.1) is 10.4 Å². The predicted octanol–water partition coefficient (Wildman–Crippen LogP) is 6.73. The first-order valence-electron chi connectivity index (χ1n) is 10.3. The van der Waals surface area contributed by atoms with Gasteiger partial charge in [-0.25, -0.2) is 9.37 Å². The summed E-state index contributed by atoms with van der Waals surface area (Å²) in [4.78, 5) is 7.67. The van der Waals surface area contributed by atoms with Crippen LogP contribution in [0.4, 0.5) is 15.8 Å². The number of para-hydroxylation sites is 1. The fourth-order valence-electron chi connectivity index (χ4n) is 4.25. The number of hydrogen-bond donors (Lipinski definition) is 1. The fourth-order valence-corrected chi connectivity index (χ4v) is 5.16. The average molecular weight is 441 g/mol. The van der Waals surface area contributed by atoms with Gasteiger partial charge < -0.3 is 10.0 Å². The van der Waals surface area contributed by atoms with E-state index in [2.05, 4.69) is 78.2 Å². The third-order valence-corrected chi connectivity index (χ3v) is 7.01. The Bertz CT molecular complexity index is 1370. The van der Waals surface area contributed by atoms with Crippen LogP contribution in [-0.4, -0.2) is 16.6 Å². The summed E-state index contributed by atoms with van der Waals surface area (Å²) in [7, 11) is 0. The lowest BCUT2D eigenvalue weighted by Crippen LogP contribution is -2.24. The van der Waals surface area contributed by atoms with Crippen LogP contribution >= 0.6 is 11.3 Å². The van der Waals surface area contributed by atoms with Gasteiger partial charge in [0.2, 0.25) is 0 Å². The van der Waals surface area contributed by atoms with E-state index in [-0.39, 0.29) is 11.0 Å². The highest BCUT2D eigenvalue weighted by atomic mass is 32.1. The molecule has 0 atom stereocenters. The largest absolute Gasteiger partial charge is 0.504 e. The number of nitrogens with zero attached hydrogens (tertiary/aromatic N) is 2. The lowest BCUT2D eigenvalue weighted by atomic mass is 9.87. The van der Waals surface area contributed by atoms with Gasteiger partial charge in [0.15, 0.2) is 11.6 Å². The second-order valence-electron chi connectivity index (χ2n) is 8.56. The van der Waals surface area contributed by atoms with E-state index in [4.69, 9.17) is 6.42 Å². The van der Waals surface area contributed by atoms with Gasteiger partial charge in [0.25, 0.3) is 0 Å². The van der Waals surface area contributed by atoms with Crippen LogP contribution in [0, 0.1) is 18.2 Å². The minimum absolute atomic E-state index is 0.0934. The number of thiazole rings is 1. The van der Waals surface area contributed by atoms with E-state index in [0.717, 1.165) is 27.7 Å². The number of anilines is 2. The van der Waals surface area contributed by atoms with E-state index >= 15 is 0 Å². The van der Waals surface area contributed by atoms with Crippen LogP contribution in [0.15, 0.2) is 66.9 Å². The van der Waals surface area contributed by atoms with Gasteiger partial charge in [-0.15, -0.1) is 17.8 Å². The van der Waals surface area contributed by atoms with Gasteiger partial charge in [-0.2, -0.15) is 0 Å². The Morgan fingerprint density at radius 3 is 2.59 bits per heavy atom. The Hall–Kier alpha value is -3.62. The molecule has 5 rings (SSSR count). The third-order valence-electron chi connectivity index (χ3n) is 5.91. The molecule has 0 amide bonds. The SMILES string of the molecule is C#Cc1cc(-c2cnc(-c3ccc(N4CC(C)(C)c5ccccc54)cc3)s2)cc(F)c1O. The molecule has 4 aromatic rings. The van der Waals surface area contributed by atoms with Gasteiger partial charge in [-0.1, -0.05) is 38.0 Å². The quantitative estimate of drug-likeness (QED) is 0.359. The summed E-state index contributed by atoms with van der Waals surface area (Å²) >= 11 is 1.46. The summed E-state index contributed by atoms with van der Waals surface area (Å²) in [5.74, 6) is 1.09. The van der Waals surface area contributed by atoms with Crippen molar-refractivity contribution in [3.8, 4) is 39.1 Å². The molecule has 0 fully saturated rings. The zero-order valence-electron chi connectivity index (χ0n) is 17.8. The molecular weight excluding hydrogens is 419 g/mol. The van der Waals surface area contributed by atoms with Gasteiger partial charge >= 0.3 is 0 Å². The molecule has 32 heavy (non-hydrogen) atoms. The van der Waals surface area contributed by atoms with E-state index in [9.17, 15) is 9.50 Å². The Morgan fingerprint density at radius 1 is 1.09 bits per heavy atom. The number of aromatic hydroxyl groups is 1. The highest BCUT2D eigenvalue weighted by molar-refractivity contribution is 7.18. The molecule has 0 bridgehead atoms. The number of rotatable bonds is 3. The monoisotopic (exact) mass is 440 g/mol. The molecule has 0 saturated carbocycles. The Labute approximate surface area is 190 Å². The van der Waals surface area contributed by atoms with Crippen LogP contribution in [0.5, 0.6) is 5.75 Å². The van der Waals surface area contributed by atoms with Crippen molar-refractivity contribution in [2.45, 2.75) is 19.3 Å². The van der Waals surface area contributed by atoms with Crippen LogP contribution in [-0.2, 0) is 5.41 Å². The number of halogens is 1. The van der Waals surface area contributed by atoms with Gasteiger partial charge in [0, 0.05) is 35.1 Å². The van der Waals surface area contributed by atoms with Crippen molar-refractivity contribution in [1.29, 1.82) is 0 Å². The second kappa shape index (κ2) is 7.51. The normalized spacial score (nSPS) is 14.2. The molecule has 1 aliphatic heterocycles. The second-order valence-corrected chi connectivity index (χ2v) is 9.59. The van der Waals surface area contributed by atoms with Gasteiger partial charge in [0.1, 0.15) is 5.01 Å². The minimum Gasteiger partial charge on any atom is -0.504 e. The molecule has 2 heterocycles. The summed E-state index contributed by atoms with van der Waals surface area (Å²) < 4.78 is 14.0. The maximum Gasteiger partial charge on any atom is 0.167 e. The number of phenolic OH excluding ortho intramolecular Hbond substituents is 1. The molecule has 3 aromatic carbocycles. The van der Waals surface area contributed by atoms with Crippen LogP contribution in [0.2, 0.25) is 0 Å². The predicted molar refractivity (Wildman–Crippen MR) is 129 cm³/mol. The number of phenols is 1. The average Bonchev–Trinajstić information content (AvgIpc) is 3.39. The number of fused-ring (bicyclic) bond motifs is 1. The van der Waals surface area contributed by atoms with Gasteiger partial charge in [-0.3, -0.25) is 0 Å². The van der Waals surface area contributed by atoms with E-state index in [1.807, 2.05) is 0 Å². The molecule has 1 aromatic heterocycles. The number of benzene rings is 3. The summed E-state index contributed by atoms with van der Waals surface area (Å²) in [5.41, 5.74) is 5.58. The van der Waals surface area contributed by atoms with E-state index in [0.29, 0.717) is 5.56 Å². The van der Waals surface area contributed by atoms with Crippen molar-refractivity contribution in [3.63, 3.8) is 0 Å². The lowest BCUT2D eigenvalue weighted by Gasteiger charge is -2.22. The molecule has 0 radical (unpaired) electrons. The van der Waals surface area contributed by atoms with E-state index < -0.39 is 11.6 Å². The minimum atomic E-state index is -0.733. The molecule has 1 aliphatic rings. The fraction of sp³-hybridized carbons (Fsp3) is 0.148. The molecule has 5 heteroatoms. The molecule has 0 aliphatic carbocycles. The highest BCUT2D eigenvalue weighted by Gasteiger charge is 2.35. The molecule has 1 N–H and O–H groups in total. The number of terminal acetylenes is 1. The van der Waals surface area contributed by atoms with Crippen molar-refractivity contribution in [2.24, 2.45) is 0 Å². The lowest BCUT2D eigenvalue weighted by molar-refractivity contribution is 0.431. The molecule has 0 spiro atoms. The first-order valence-corrected chi connectivity index (χ1v) is 11.1. The molecule has 158 valence electrons. The summed E-state index contributed by atoms with van der Waals surface area (Å²) in [6, 6.07) is 19.8.